The zero-order chi connectivity index (χ0) is 9.84. The van der Waals surface area contributed by atoms with Crippen LogP contribution in [0.25, 0.3) is 0 Å². The van der Waals surface area contributed by atoms with Crippen molar-refractivity contribution in [1.82, 2.24) is 0 Å². The fourth-order valence-electron chi connectivity index (χ4n) is 1.26. The van der Waals surface area contributed by atoms with Gasteiger partial charge in [0.1, 0.15) is 11.5 Å². The maximum atomic E-state index is 10.7. The predicted octanol–water partition coefficient (Wildman–Crippen LogP) is 0.918. The summed E-state index contributed by atoms with van der Waals surface area (Å²) in [6, 6.07) is 0. The van der Waals surface area contributed by atoms with Crippen LogP contribution in [0, 0.1) is 0 Å². The van der Waals surface area contributed by atoms with Crippen molar-refractivity contribution in [3.8, 4) is 0 Å². The zero-order valence-corrected chi connectivity index (χ0v) is 8.41. The Bertz CT molecular complexity index is 185. The minimum atomic E-state index is -0.486. The Morgan fingerprint density at radius 3 is 2.85 bits per heavy atom. The van der Waals surface area contributed by atoms with Crippen LogP contribution in [-0.2, 0) is 19.0 Å². The van der Waals surface area contributed by atoms with E-state index in [1.54, 1.807) is 0 Å². The average Bonchev–Trinajstić information content (AvgIpc) is 2.08. The number of alkyl halides is 1. The van der Waals surface area contributed by atoms with E-state index in [0.29, 0.717) is 13.0 Å². The molecule has 5 heteroatoms. The summed E-state index contributed by atoms with van der Waals surface area (Å²) in [7, 11) is 1.51. The molecule has 1 aliphatic rings. The Morgan fingerprint density at radius 2 is 2.31 bits per heavy atom. The van der Waals surface area contributed by atoms with Gasteiger partial charge in [0.2, 0.25) is 0 Å². The molecule has 1 fully saturated rings. The van der Waals surface area contributed by atoms with E-state index in [9.17, 15) is 4.79 Å². The summed E-state index contributed by atoms with van der Waals surface area (Å²) in [6.07, 6.45) is -0.175. The maximum absolute atomic E-state index is 10.7. The summed E-state index contributed by atoms with van der Waals surface area (Å²) in [5.41, 5.74) is 0. The second-order valence-corrected chi connectivity index (χ2v) is 3.36. The lowest BCUT2D eigenvalue weighted by atomic mass is 10.1. The van der Waals surface area contributed by atoms with E-state index in [1.807, 2.05) is 0 Å². The number of halogens is 1. The summed E-state index contributed by atoms with van der Waals surface area (Å²) in [5.74, 6) is -0.326. The predicted molar refractivity (Wildman–Crippen MR) is 46.6 cm³/mol. The molecular weight excluding hydrogens is 196 g/mol. The van der Waals surface area contributed by atoms with E-state index in [1.165, 1.54) is 14.0 Å². The van der Waals surface area contributed by atoms with Crippen LogP contribution >= 0.6 is 11.6 Å². The molecule has 1 rings (SSSR count). The smallest absolute Gasteiger partial charge is 0.302 e. The number of esters is 1. The van der Waals surface area contributed by atoms with Crippen LogP contribution in [0.15, 0.2) is 0 Å². The second-order valence-electron chi connectivity index (χ2n) is 2.86. The lowest BCUT2D eigenvalue weighted by molar-refractivity contribution is -0.182. The van der Waals surface area contributed by atoms with Gasteiger partial charge in [0, 0.05) is 20.5 Å². The molecule has 0 aromatic carbocycles. The van der Waals surface area contributed by atoms with Crippen LogP contribution in [0.5, 0.6) is 0 Å². The number of carbonyl (C=O) groups is 1. The van der Waals surface area contributed by atoms with Crippen LogP contribution in [0.2, 0.25) is 0 Å². The van der Waals surface area contributed by atoms with Gasteiger partial charge in [0.05, 0.1) is 6.61 Å². The SMILES string of the molecule is COC1OCCC(OC(C)=O)C1Cl. The van der Waals surface area contributed by atoms with Gasteiger partial charge in [-0.2, -0.15) is 0 Å². The molecule has 1 aliphatic heterocycles. The van der Waals surface area contributed by atoms with Gasteiger partial charge in [-0.15, -0.1) is 11.6 Å². The summed E-state index contributed by atoms with van der Waals surface area (Å²) < 4.78 is 15.2. The standard InChI is InChI=1S/C8H13ClO4/c1-5(10)13-6-3-4-12-8(11-2)7(6)9/h6-8H,3-4H2,1-2H3. The quantitative estimate of drug-likeness (QED) is 0.500. The summed E-state index contributed by atoms with van der Waals surface area (Å²) in [6.45, 7) is 1.86. The van der Waals surface area contributed by atoms with Crippen LogP contribution in [0.3, 0.4) is 0 Å². The Morgan fingerprint density at radius 1 is 1.62 bits per heavy atom. The third-order valence-corrected chi connectivity index (χ3v) is 2.34. The van der Waals surface area contributed by atoms with E-state index in [4.69, 9.17) is 25.8 Å². The first-order chi connectivity index (χ1) is 6.15. The molecule has 13 heavy (non-hydrogen) atoms. The fraction of sp³-hybridized carbons (Fsp3) is 0.875. The molecule has 0 aromatic rings. The molecule has 0 aliphatic carbocycles. The molecule has 4 nitrogen and oxygen atoms in total. The van der Waals surface area contributed by atoms with Gasteiger partial charge in [0.25, 0.3) is 0 Å². The average molecular weight is 209 g/mol. The summed E-state index contributed by atoms with van der Waals surface area (Å²) in [4.78, 5) is 10.7. The van der Waals surface area contributed by atoms with Gasteiger partial charge < -0.3 is 14.2 Å². The molecule has 76 valence electrons. The first-order valence-electron chi connectivity index (χ1n) is 4.11. The molecular formula is C8H13ClO4. The fourth-order valence-corrected chi connectivity index (χ4v) is 1.61. The lowest BCUT2D eigenvalue weighted by Gasteiger charge is -2.32. The zero-order valence-electron chi connectivity index (χ0n) is 7.66. The molecule has 3 atom stereocenters. The van der Waals surface area contributed by atoms with Crippen molar-refractivity contribution in [3.63, 3.8) is 0 Å². The van der Waals surface area contributed by atoms with Gasteiger partial charge in [-0.3, -0.25) is 4.79 Å². The van der Waals surface area contributed by atoms with Crippen molar-refractivity contribution in [2.75, 3.05) is 13.7 Å². The van der Waals surface area contributed by atoms with Gasteiger partial charge in [-0.25, -0.2) is 0 Å². The van der Waals surface area contributed by atoms with E-state index in [0.717, 1.165) is 0 Å². The van der Waals surface area contributed by atoms with Gasteiger partial charge in [-0.05, 0) is 0 Å². The normalized spacial score (nSPS) is 34.2. The molecule has 0 N–H and O–H groups in total. The van der Waals surface area contributed by atoms with E-state index < -0.39 is 11.7 Å². The molecule has 3 unspecified atom stereocenters. The van der Waals surface area contributed by atoms with Crippen LogP contribution in [0.4, 0.5) is 0 Å². The number of ether oxygens (including phenoxy) is 3. The molecule has 0 radical (unpaired) electrons. The maximum Gasteiger partial charge on any atom is 0.302 e. The minimum absolute atomic E-state index is 0.308. The van der Waals surface area contributed by atoms with Crippen molar-refractivity contribution in [2.45, 2.75) is 31.1 Å². The van der Waals surface area contributed by atoms with Gasteiger partial charge in [0.15, 0.2) is 6.29 Å². The van der Waals surface area contributed by atoms with Crippen molar-refractivity contribution in [2.24, 2.45) is 0 Å². The molecule has 0 spiro atoms. The molecule has 0 aromatic heterocycles. The van der Waals surface area contributed by atoms with Gasteiger partial charge in [-0.1, -0.05) is 0 Å². The summed E-state index contributed by atoms with van der Waals surface area (Å²) in [5, 5.41) is -0.428. The van der Waals surface area contributed by atoms with E-state index >= 15 is 0 Å². The van der Waals surface area contributed by atoms with Crippen LogP contribution < -0.4 is 0 Å². The Balaban J connectivity index is 2.49. The first kappa shape index (κ1) is 10.8. The molecule has 0 saturated carbocycles. The largest absolute Gasteiger partial charge is 0.461 e. The Kier molecular flexibility index (Phi) is 3.96. The highest BCUT2D eigenvalue weighted by molar-refractivity contribution is 6.21. The topological polar surface area (TPSA) is 44.8 Å². The van der Waals surface area contributed by atoms with Crippen LogP contribution in [0.1, 0.15) is 13.3 Å². The first-order valence-corrected chi connectivity index (χ1v) is 4.54. The van der Waals surface area contributed by atoms with Crippen molar-refractivity contribution >= 4 is 17.6 Å². The van der Waals surface area contributed by atoms with Gasteiger partial charge >= 0.3 is 5.97 Å². The van der Waals surface area contributed by atoms with E-state index in [-0.39, 0.29) is 12.1 Å². The van der Waals surface area contributed by atoms with Crippen LogP contribution in [-0.4, -0.2) is 37.5 Å². The lowest BCUT2D eigenvalue weighted by Crippen LogP contribution is -2.44. The van der Waals surface area contributed by atoms with E-state index in [2.05, 4.69) is 0 Å². The highest BCUT2D eigenvalue weighted by atomic mass is 35.5. The highest BCUT2D eigenvalue weighted by Gasteiger charge is 2.34. The van der Waals surface area contributed by atoms with Crippen molar-refractivity contribution in [3.05, 3.63) is 0 Å². The number of rotatable bonds is 2. The Labute approximate surface area is 82.1 Å². The third kappa shape index (κ3) is 2.83. The molecule has 0 bridgehead atoms. The Hall–Kier alpha value is -0.320. The molecule has 1 saturated heterocycles. The van der Waals surface area contributed by atoms with Crippen molar-refractivity contribution in [1.29, 1.82) is 0 Å². The molecule has 0 amide bonds. The highest BCUT2D eigenvalue weighted by Crippen LogP contribution is 2.23. The third-order valence-electron chi connectivity index (χ3n) is 1.85. The number of methoxy groups -OCH3 is 1. The molecule has 1 heterocycles. The summed E-state index contributed by atoms with van der Waals surface area (Å²) >= 11 is 5.97. The monoisotopic (exact) mass is 208 g/mol. The number of carbonyl (C=O) groups excluding carboxylic acids is 1. The minimum Gasteiger partial charge on any atom is -0.461 e. The number of hydrogen-bond donors (Lipinski definition) is 0. The van der Waals surface area contributed by atoms with Crippen molar-refractivity contribution < 1.29 is 19.0 Å². The second kappa shape index (κ2) is 4.79. The number of hydrogen-bond acceptors (Lipinski definition) is 4.